The lowest BCUT2D eigenvalue weighted by Crippen LogP contribution is -2.47. The molecule has 0 atom stereocenters. The average Bonchev–Trinajstić information content (AvgIpc) is 2.95. The predicted molar refractivity (Wildman–Crippen MR) is 147 cm³/mol. The number of benzene rings is 2. The zero-order valence-corrected chi connectivity index (χ0v) is 22.0. The number of hydrogen-bond acceptors (Lipinski definition) is 7. The van der Waals surface area contributed by atoms with Gasteiger partial charge in [0.2, 0.25) is 0 Å². The summed E-state index contributed by atoms with van der Waals surface area (Å²) in [7, 11) is 1.72. The first-order valence-corrected chi connectivity index (χ1v) is 12.8. The molecule has 0 saturated carbocycles. The largest absolute Gasteiger partial charge is 0.445 e. The second-order valence-electron chi connectivity index (χ2n) is 9.28. The van der Waals surface area contributed by atoms with Gasteiger partial charge in [-0.05, 0) is 48.4 Å². The van der Waals surface area contributed by atoms with Crippen molar-refractivity contribution >= 4 is 23.4 Å². The maximum atomic E-state index is 13.2. The maximum Gasteiger partial charge on any atom is 0.407 e. The number of anilines is 2. The predicted octanol–water partition coefficient (Wildman–Crippen LogP) is 3.84. The minimum atomic E-state index is -0.502. The fourth-order valence-electron chi connectivity index (χ4n) is 4.29. The van der Waals surface area contributed by atoms with E-state index in [9.17, 15) is 9.59 Å². The lowest BCUT2D eigenvalue weighted by Gasteiger charge is -2.36. The Bertz CT molecular complexity index is 1200. The number of hydrogen-bond donors (Lipinski definition) is 2. The molecule has 1 fully saturated rings. The van der Waals surface area contributed by atoms with E-state index in [2.05, 4.69) is 31.5 Å². The number of pyridine rings is 1. The second kappa shape index (κ2) is 13.6. The van der Waals surface area contributed by atoms with Crippen molar-refractivity contribution < 1.29 is 19.1 Å². The molecule has 4 rings (SSSR count). The average molecular weight is 518 g/mol. The van der Waals surface area contributed by atoms with Crippen LogP contribution in [0.2, 0.25) is 0 Å². The first-order chi connectivity index (χ1) is 18.5. The van der Waals surface area contributed by atoms with E-state index in [0.29, 0.717) is 17.8 Å². The van der Waals surface area contributed by atoms with Crippen LogP contribution in [0.15, 0.2) is 67.0 Å². The highest BCUT2D eigenvalue weighted by Gasteiger charge is 2.22. The van der Waals surface area contributed by atoms with Crippen LogP contribution in [0.5, 0.6) is 0 Å². The molecule has 9 heteroatoms. The summed E-state index contributed by atoms with van der Waals surface area (Å²) in [6.07, 6.45) is 2.82. The molecule has 2 amide bonds. The summed E-state index contributed by atoms with van der Waals surface area (Å²) in [4.78, 5) is 33.9. The summed E-state index contributed by atoms with van der Waals surface area (Å²) >= 11 is 0. The van der Waals surface area contributed by atoms with Crippen LogP contribution in [0.3, 0.4) is 0 Å². The van der Waals surface area contributed by atoms with Gasteiger partial charge in [-0.2, -0.15) is 0 Å². The molecule has 0 aliphatic carbocycles. The van der Waals surface area contributed by atoms with Crippen molar-refractivity contribution in [2.75, 3.05) is 56.7 Å². The quantitative estimate of drug-likeness (QED) is 0.422. The van der Waals surface area contributed by atoms with Gasteiger partial charge in [0.25, 0.3) is 5.91 Å². The van der Waals surface area contributed by atoms with Crippen molar-refractivity contribution in [3.8, 4) is 0 Å². The molecule has 2 heterocycles. The molecule has 0 spiro atoms. The molecular weight excluding hydrogens is 482 g/mol. The summed E-state index contributed by atoms with van der Waals surface area (Å²) in [6, 6.07) is 17.0. The van der Waals surface area contributed by atoms with Crippen LogP contribution in [0, 0.1) is 6.92 Å². The van der Waals surface area contributed by atoms with Crippen LogP contribution in [-0.2, 0) is 22.6 Å². The minimum absolute atomic E-state index is 0.147. The molecule has 9 nitrogen and oxygen atoms in total. The van der Waals surface area contributed by atoms with Crippen LogP contribution in [-0.4, -0.2) is 68.3 Å². The molecule has 0 unspecified atom stereocenters. The van der Waals surface area contributed by atoms with E-state index in [1.807, 2.05) is 49.4 Å². The third-order valence-electron chi connectivity index (χ3n) is 6.46. The standard InChI is InChI=1S/C29H35N5O4/c1-22-5-10-26(27(18-22)34-14-12-33(13-15-34)16-17-37-2)28(35)32-25-8-6-23(7-9-25)20-31-29(36)38-21-24-4-3-11-30-19-24/h3-11,18-19H,12-17,20-21H2,1-2H3,(H,31,36)(H,32,35). The van der Waals surface area contributed by atoms with Crippen LogP contribution in [0.4, 0.5) is 16.2 Å². The van der Waals surface area contributed by atoms with Crippen molar-refractivity contribution in [3.63, 3.8) is 0 Å². The lowest BCUT2D eigenvalue weighted by molar-refractivity contribution is 0.102. The van der Waals surface area contributed by atoms with Crippen molar-refractivity contribution in [2.45, 2.75) is 20.1 Å². The number of aryl methyl sites for hydroxylation is 1. The van der Waals surface area contributed by atoms with Gasteiger partial charge in [-0.25, -0.2) is 4.79 Å². The number of carbonyl (C=O) groups excluding carboxylic acids is 2. The number of nitrogens with one attached hydrogen (secondary N) is 2. The molecule has 1 aliphatic heterocycles. The van der Waals surface area contributed by atoms with Crippen LogP contribution in [0.25, 0.3) is 0 Å². The summed E-state index contributed by atoms with van der Waals surface area (Å²) in [5.74, 6) is -0.147. The number of piperazine rings is 1. The van der Waals surface area contributed by atoms with Crippen LogP contribution < -0.4 is 15.5 Å². The molecule has 0 radical (unpaired) electrons. The van der Waals surface area contributed by atoms with E-state index in [4.69, 9.17) is 9.47 Å². The Kier molecular flexibility index (Phi) is 9.66. The normalized spacial score (nSPS) is 13.7. The van der Waals surface area contributed by atoms with Gasteiger partial charge in [-0.3, -0.25) is 14.7 Å². The molecule has 1 aromatic heterocycles. The number of methoxy groups -OCH3 is 1. The van der Waals surface area contributed by atoms with E-state index < -0.39 is 6.09 Å². The van der Waals surface area contributed by atoms with E-state index in [1.165, 1.54) is 0 Å². The highest BCUT2D eigenvalue weighted by Crippen LogP contribution is 2.25. The van der Waals surface area contributed by atoms with E-state index in [-0.39, 0.29) is 12.5 Å². The Morgan fingerprint density at radius 1 is 1.00 bits per heavy atom. The molecule has 2 aromatic carbocycles. The first kappa shape index (κ1) is 27.1. The van der Waals surface area contributed by atoms with Gasteiger partial charge in [0.1, 0.15) is 6.61 Å². The molecule has 200 valence electrons. The molecule has 38 heavy (non-hydrogen) atoms. The molecule has 0 bridgehead atoms. The summed E-state index contributed by atoms with van der Waals surface area (Å²) < 4.78 is 10.4. The van der Waals surface area contributed by atoms with Gasteiger partial charge in [0.05, 0.1) is 12.2 Å². The van der Waals surface area contributed by atoms with Crippen molar-refractivity contribution in [1.82, 2.24) is 15.2 Å². The summed E-state index contributed by atoms with van der Waals surface area (Å²) in [6.45, 7) is 7.76. The third-order valence-corrected chi connectivity index (χ3v) is 6.46. The number of rotatable bonds is 10. The number of nitrogens with zero attached hydrogens (tertiary/aromatic N) is 3. The monoisotopic (exact) mass is 517 g/mol. The lowest BCUT2D eigenvalue weighted by atomic mass is 10.1. The van der Waals surface area contributed by atoms with Crippen molar-refractivity contribution in [1.29, 1.82) is 0 Å². The van der Waals surface area contributed by atoms with E-state index in [1.54, 1.807) is 25.6 Å². The Morgan fingerprint density at radius 2 is 1.79 bits per heavy atom. The molecule has 3 aromatic rings. The van der Waals surface area contributed by atoms with Gasteiger partial charge in [0, 0.05) is 75.7 Å². The number of carbonyl (C=O) groups is 2. The SMILES string of the molecule is COCCN1CCN(c2cc(C)ccc2C(=O)Nc2ccc(CNC(=O)OCc3cccnc3)cc2)CC1. The maximum absolute atomic E-state index is 13.2. The molecular formula is C29H35N5O4. The number of amides is 2. The molecule has 2 N–H and O–H groups in total. The molecule has 1 saturated heterocycles. The zero-order chi connectivity index (χ0) is 26.7. The summed E-state index contributed by atoms with van der Waals surface area (Å²) in [5, 5.41) is 5.75. The third kappa shape index (κ3) is 7.77. The fraction of sp³-hybridized carbons (Fsp3) is 0.345. The Hall–Kier alpha value is -3.95. The Labute approximate surface area is 223 Å². The molecule has 1 aliphatic rings. The summed E-state index contributed by atoms with van der Waals surface area (Å²) in [5.41, 5.74) is 5.14. The fourth-order valence-corrected chi connectivity index (χ4v) is 4.29. The first-order valence-electron chi connectivity index (χ1n) is 12.8. The topological polar surface area (TPSA) is 96.0 Å². The van der Waals surface area contributed by atoms with Gasteiger partial charge >= 0.3 is 6.09 Å². The van der Waals surface area contributed by atoms with E-state index in [0.717, 1.165) is 61.7 Å². The van der Waals surface area contributed by atoms with Gasteiger partial charge in [-0.1, -0.05) is 24.3 Å². The van der Waals surface area contributed by atoms with Crippen LogP contribution in [0.1, 0.15) is 27.0 Å². The van der Waals surface area contributed by atoms with E-state index >= 15 is 0 Å². The second-order valence-corrected chi connectivity index (χ2v) is 9.28. The number of alkyl carbamates (subject to hydrolysis) is 1. The van der Waals surface area contributed by atoms with Crippen LogP contribution >= 0.6 is 0 Å². The van der Waals surface area contributed by atoms with Gasteiger partial charge in [-0.15, -0.1) is 0 Å². The highest BCUT2D eigenvalue weighted by atomic mass is 16.5. The van der Waals surface area contributed by atoms with Gasteiger partial charge < -0.3 is 25.0 Å². The smallest absolute Gasteiger partial charge is 0.407 e. The number of aromatic nitrogens is 1. The highest BCUT2D eigenvalue weighted by molar-refractivity contribution is 6.08. The number of ether oxygens (including phenoxy) is 2. The Morgan fingerprint density at radius 3 is 2.50 bits per heavy atom. The van der Waals surface area contributed by atoms with Gasteiger partial charge in [0.15, 0.2) is 0 Å². The van der Waals surface area contributed by atoms with Crippen molar-refractivity contribution in [3.05, 3.63) is 89.2 Å². The zero-order valence-electron chi connectivity index (χ0n) is 22.0. The minimum Gasteiger partial charge on any atom is -0.445 e. The Balaban J connectivity index is 1.30. The van der Waals surface area contributed by atoms with Crippen molar-refractivity contribution in [2.24, 2.45) is 0 Å².